The summed E-state index contributed by atoms with van der Waals surface area (Å²) in [5.74, 6) is 0.374. The number of nitrogens with two attached hydrogens (primary N) is 1. The second-order valence-corrected chi connectivity index (χ2v) is 8.31. The molecule has 3 heterocycles. The van der Waals surface area contributed by atoms with Crippen molar-refractivity contribution >= 4 is 53.1 Å². The fraction of sp³-hybridized carbons (Fsp3) is 0.450. The summed E-state index contributed by atoms with van der Waals surface area (Å²) >= 11 is 1.61. The van der Waals surface area contributed by atoms with Crippen LogP contribution in [0.5, 0.6) is 0 Å². The van der Waals surface area contributed by atoms with Crippen LogP contribution >= 0.6 is 36.2 Å². The molecule has 0 spiro atoms. The Morgan fingerprint density at radius 1 is 1.34 bits per heavy atom. The summed E-state index contributed by atoms with van der Waals surface area (Å²) in [7, 11) is 3.69. The van der Waals surface area contributed by atoms with Crippen LogP contribution in [0, 0.1) is 12.8 Å². The Bertz CT molecular complexity index is 956. The van der Waals surface area contributed by atoms with E-state index in [1.807, 2.05) is 44.6 Å². The van der Waals surface area contributed by atoms with Crippen molar-refractivity contribution < 1.29 is 4.79 Å². The van der Waals surface area contributed by atoms with Crippen LogP contribution in [0.1, 0.15) is 36.3 Å². The normalized spacial score (nSPS) is 11.8. The van der Waals surface area contributed by atoms with Crippen molar-refractivity contribution in [1.29, 1.82) is 0 Å². The zero-order valence-corrected chi connectivity index (χ0v) is 19.8. The number of carbonyl (C=O) groups is 1. The monoisotopic (exact) mass is 457 g/mol. The highest BCUT2D eigenvalue weighted by Gasteiger charge is 2.22. The first-order chi connectivity index (χ1) is 12.8. The molecule has 6 nitrogen and oxygen atoms in total. The van der Waals surface area contributed by atoms with E-state index >= 15 is 0 Å². The second kappa shape index (κ2) is 10.4. The number of rotatable bonds is 6. The summed E-state index contributed by atoms with van der Waals surface area (Å²) in [6.45, 7) is 6.74. The van der Waals surface area contributed by atoms with Gasteiger partial charge in [0.15, 0.2) is 5.65 Å². The number of aryl methyl sites for hydroxylation is 2. The summed E-state index contributed by atoms with van der Waals surface area (Å²) in [5, 5.41) is 7.31. The van der Waals surface area contributed by atoms with Crippen molar-refractivity contribution in [2.24, 2.45) is 18.7 Å². The molecule has 3 rings (SSSR count). The lowest BCUT2D eigenvalue weighted by atomic mass is 10.0. The van der Waals surface area contributed by atoms with Crippen molar-refractivity contribution in [1.82, 2.24) is 19.7 Å². The van der Waals surface area contributed by atoms with Crippen LogP contribution in [-0.2, 0) is 7.05 Å². The number of nitrogens with zero attached hydrogens (tertiary/aromatic N) is 4. The molecule has 0 aliphatic heterocycles. The fourth-order valence-electron chi connectivity index (χ4n) is 3.15. The van der Waals surface area contributed by atoms with Gasteiger partial charge in [0.2, 0.25) is 0 Å². The molecule has 3 aromatic heterocycles. The molecule has 0 radical (unpaired) electrons. The smallest absolute Gasteiger partial charge is 0.254 e. The number of thiophene rings is 1. The Kier molecular flexibility index (Phi) is 9.09. The summed E-state index contributed by atoms with van der Waals surface area (Å²) in [6.07, 6.45) is 0.776. The molecule has 3 aromatic rings. The number of carbonyl (C=O) groups excluding carboxylic acids is 1. The predicted octanol–water partition coefficient (Wildman–Crippen LogP) is 4.29. The summed E-state index contributed by atoms with van der Waals surface area (Å²) in [5.41, 5.74) is 9.14. The molecule has 9 heteroatoms. The van der Waals surface area contributed by atoms with Crippen molar-refractivity contribution in [3.63, 3.8) is 0 Å². The van der Waals surface area contributed by atoms with Crippen molar-refractivity contribution in [2.45, 2.75) is 33.2 Å². The SMILES string of the molecule is Cc1nn(C)c2nc(-c3cccs3)cc(C(=O)N(C)CCC(N)C(C)C)c12.Cl.Cl. The van der Waals surface area contributed by atoms with Crippen LogP contribution < -0.4 is 5.73 Å². The van der Waals surface area contributed by atoms with E-state index in [-0.39, 0.29) is 36.8 Å². The zero-order chi connectivity index (χ0) is 19.7. The van der Waals surface area contributed by atoms with Crippen molar-refractivity contribution in [3.05, 3.63) is 34.8 Å². The molecule has 1 atom stereocenters. The Balaban J connectivity index is 0.00000210. The third kappa shape index (κ3) is 5.28. The van der Waals surface area contributed by atoms with Crippen LogP contribution in [0.3, 0.4) is 0 Å². The van der Waals surface area contributed by atoms with Crippen LogP contribution in [0.4, 0.5) is 0 Å². The molecule has 0 fully saturated rings. The summed E-state index contributed by atoms with van der Waals surface area (Å²) in [6, 6.07) is 5.98. The average molecular weight is 458 g/mol. The van der Waals surface area contributed by atoms with E-state index < -0.39 is 0 Å². The summed E-state index contributed by atoms with van der Waals surface area (Å²) < 4.78 is 1.74. The lowest BCUT2D eigenvalue weighted by molar-refractivity contribution is 0.0791. The molecule has 0 aromatic carbocycles. The minimum atomic E-state index is -0.0211. The first kappa shape index (κ1) is 25.4. The maximum atomic E-state index is 13.2. The van der Waals surface area contributed by atoms with Gasteiger partial charge in [0.05, 0.1) is 27.2 Å². The fourth-order valence-corrected chi connectivity index (χ4v) is 3.83. The topological polar surface area (TPSA) is 77.0 Å². The number of fused-ring (bicyclic) bond motifs is 1. The lowest BCUT2D eigenvalue weighted by Crippen LogP contribution is -2.34. The van der Waals surface area contributed by atoms with Gasteiger partial charge in [-0.3, -0.25) is 9.48 Å². The minimum Gasteiger partial charge on any atom is -0.342 e. The van der Waals surface area contributed by atoms with E-state index in [4.69, 9.17) is 10.7 Å². The van der Waals surface area contributed by atoms with Gasteiger partial charge in [-0.1, -0.05) is 19.9 Å². The highest BCUT2D eigenvalue weighted by molar-refractivity contribution is 7.13. The van der Waals surface area contributed by atoms with Gasteiger partial charge in [0.25, 0.3) is 5.91 Å². The van der Waals surface area contributed by atoms with Crippen LogP contribution in [0.25, 0.3) is 21.6 Å². The molecule has 0 aliphatic carbocycles. The van der Waals surface area contributed by atoms with Crippen LogP contribution in [0.2, 0.25) is 0 Å². The van der Waals surface area contributed by atoms with Crippen LogP contribution in [0.15, 0.2) is 23.6 Å². The molecule has 29 heavy (non-hydrogen) atoms. The number of amides is 1. The minimum absolute atomic E-state index is 0. The van der Waals surface area contributed by atoms with Gasteiger partial charge in [-0.05, 0) is 36.8 Å². The molecule has 1 amide bonds. The molecule has 0 bridgehead atoms. The number of aromatic nitrogens is 3. The zero-order valence-electron chi connectivity index (χ0n) is 17.4. The van der Waals surface area contributed by atoms with Gasteiger partial charge >= 0.3 is 0 Å². The first-order valence-corrected chi connectivity index (χ1v) is 10.1. The quantitative estimate of drug-likeness (QED) is 0.598. The highest BCUT2D eigenvalue weighted by Crippen LogP contribution is 2.29. The molecule has 0 saturated heterocycles. The molecular formula is C20H29Cl2N5OS. The number of hydrogen-bond acceptors (Lipinski definition) is 5. The largest absolute Gasteiger partial charge is 0.342 e. The van der Waals surface area contributed by atoms with Gasteiger partial charge in [-0.15, -0.1) is 36.2 Å². The molecule has 2 N–H and O–H groups in total. The molecule has 1 unspecified atom stereocenters. The van der Waals surface area contributed by atoms with Crippen molar-refractivity contribution in [2.75, 3.05) is 13.6 Å². The molecule has 160 valence electrons. The molecule has 0 aliphatic rings. The van der Waals surface area contributed by atoms with Crippen LogP contribution in [-0.4, -0.2) is 45.2 Å². The average Bonchev–Trinajstić information content (AvgIpc) is 3.27. The van der Waals surface area contributed by atoms with Gasteiger partial charge < -0.3 is 10.6 Å². The lowest BCUT2D eigenvalue weighted by Gasteiger charge is -2.22. The Labute approximate surface area is 188 Å². The van der Waals surface area contributed by atoms with Gasteiger partial charge in [-0.2, -0.15) is 5.10 Å². The van der Waals surface area contributed by atoms with E-state index in [0.717, 1.165) is 33.7 Å². The van der Waals surface area contributed by atoms with E-state index in [0.29, 0.717) is 18.0 Å². The standard InChI is InChI=1S/C20H27N5OS.2ClH/c1-12(2)15(21)8-9-24(4)20(26)14-11-16(17-7-6-10-27-17)22-19-18(14)13(3)23-25(19)5;;/h6-7,10-12,15H,8-9,21H2,1-5H3;2*1H. The third-order valence-electron chi connectivity index (χ3n) is 4.97. The Morgan fingerprint density at radius 3 is 2.62 bits per heavy atom. The van der Waals surface area contributed by atoms with Gasteiger partial charge in [0, 0.05) is 26.7 Å². The molecule has 0 saturated carbocycles. The first-order valence-electron chi connectivity index (χ1n) is 9.18. The van der Waals surface area contributed by atoms with Gasteiger partial charge in [0.1, 0.15) is 0 Å². The predicted molar refractivity (Wildman–Crippen MR) is 125 cm³/mol. The third-order valence-corrected chi connectivity index (χ3v) is 5.87. The maximum absolute atomic E-state index is 13.2. The highest BCUT2D eigenvalue weighted by atomic mass is 35.5. The Hall–Kier alpha value is -1.67. The number of pyridine rings is 1. The summed E-state index contributed by atoms with van der Waals surface area (Å²) in [4.78, 5) is 20.8. The second-order valence-electron chi connectivity index (χ2n) is 7.36. The van der Waals surface area contributed by atoms with E-state index in [9.17, 15) is 4.79 Å². The Morgan fingerprint density at radius 2 is 2.03 bits per heavy atom. The van der Waals surface area contributed by atoms with Crippen molar-refractivity contribution in [3.8, 4) is 10.6 Å². The van der Waals surface area contributed by atoms with Gasteiger partial charge in [-0.25, -0.2) is 4.98 Å². The van der Waals surface area contributed by atoms with E-state index in [1.54, 1.807) is 20.9 Å². The molecular weight excluding hydrogens is 429 g/mol. The van der Waals surface area contributed by atoms with E-state index in [2.05, 4.69) is 18.9 Å². The van der Waals surface area contributed by atoms with E-state index in [1.165, 1.54) is 0 Å². The number of hydrogen-bond donors (Lipinski definition) is 1. The maximum Gasteiger partial charge on any atom is 0.254 e. The number of halogens is 2.